The van der Waals surface area contributed by atoms with Gasteiger partial charge in [0.1, 0.15) is 17.0 Å². The van der Waals surface area contributed by atoms with Gasteiger partial charge in [0.2, 0.25) is 0 Å². The third kappa shape index (κ3) is 3.40. The molecule has 6 heteroatoms. The lowest BCUT2D eigenvalue weighted by atomic mass is 10.3. The van der Waals surface area contributed by atoms with Crippen LogP contribution in [0.25, 0.3) is 10.2 Å². The second kappa shape index (κ2) is 6.79. The van der Waals surface area contributed by atoms with Crippen LogP contribution in [0.4, 0.5) is 5.82 Å². The fourth-order valence-electron chi connectivity index (χ4n) is 2.02. The molecular weight excluding hydrogens is 260 g/mol. The second-order valence-corrected chi connectivity index (χ2v) is 5.63. The highest BCUT2D eigenvalue weighted by atomic mass is 32.1. The van der Waals surface area contributed by atoms with Gasteiger partial charge < -0.3 is 15.4 Å². The van der Waals surface area contributed by atoms with Gasteiger partial charge >= 0.3 is 0 Å². The number of fused-ring (bicyclic) bond motifs is 1. The van der Waals surface area contributed by atoms with E-state index in [0.29, 0.717) is 13.2 Å². The maximum Gasteiger partial charge on any atom is 0.140 e. The third-order valence-electron chi connectivity index (χ3n) is 2.93. The molecule has 0 aromatic carbocycles. The number of thiophene rings is 1. The van der Waals surface area contributed by atoms with Crippen molar-refractivity contribution >= 4 is 27.4 Å². The molecule has 19 heavy (non-hydrogen) atoms. The molecule has 0 aliphatic heterocycles. The summed E-state index contributed by atoms with van der Waals surface area (Å²) >= 11 is 1.70. The molecule has 2 heterocycles. The molecule has 2 rings (SSSR count). The van der Waals surface area contributed by atoms with Gasteiger partial charge in [-0.1, -0.05) is 0 Å². The lowest BCUT2D eigenvalue weighted by Gasteiger charge is -2.23. The maximum absolute atomic E-state index is 5.61. The zero-order valence-electron chi connectivity index (χ0n) is 11.4. The van der Waals surface area contributed by atoms with Gasteiger partial charge in [-0.3, -0.25) is 0 Å². The van der Waals surface area contributed by atoms with Crippen molar-refractivity contribution < 1.29 is 4.74 Å². The smallest absolute Gasteiger partial charge is 0.140 e. The van der Waals surface area contributed by atoms with Gasteiger partial charge in [0.15, 0.2) is 0 Å². The van der Waals surface area contributed by atoms with E-state index in [-0.39, 0.29) is 0 Å². The van der Waals surface area contributed by atoms with Crippen molar-refractivity contribution in [2.24, 2.45) is 5.73 Å². The van der Waals surface area contributed by atoms with Crippen LogP contribution in [0.1, 0.15) is 11.3 Å². The predicted molar refractivity (Wildman–Crippen MR) is 79.9 cm³/mol. The van der Waals surface area contributed by atoms with Gasteiger partial charge in [0.05, 0.1) is 12.0 Å². The van der Waals surface area contributed by atoms with Gasteiger partial charge in [0.25, 0.3) is 0 Å². The molecule has 104 valence electrons. The Hall–Kier alpha value is -1.24. The monoisotopic (exact) mass is 280 g/mol. The molecule has 0 aliphatic rings. The average molecular weight is 280 g/mol. The van der Waals surface area contributed by atoms with E-state index in [4.69, 9.17) is 10.5 Å². The molecule has 0 saturated carbocycles. The molecular formula is C13H20N4OS. The number of aromatic nitrogens is 2. The Kier molecular flexibility index (Phi) is 5.07. The van der Waals surface area contributed by atoms with Crippen molar-refractivity contribution in [3.63, 3.8) is 0 Å². The summed E-state index contributed by atoms with van der Waals surface area (Å²) in [6, 6.07) is 2.15. The molecule has 0 saturated heterocycles. The van der Waals surface area contributed by atoms with E-state index >= 15 is 0 Å². The first kappa shape index (κ1) is 14.2. The largest absolute Gasteiger partial charge is 0.383 e. The van der Waals surface area contributed by atoms with E-state index in [2.05, 4.69) is 27.9 Å². The molecule has 5 nitrogen and oxygen atoms in total. The highest BCUT2D eigenvalue weighted by Gasteiger charge is 2.13. The van der Waals surface area contributed by atoms with E-state index in [9.17, 15) is 0 Å². The summed E-state index contributed by atoms with van der Waals surface area (Å²) in [6.07, 6.45) is 2.58. The summed E-state index contributed by atoms with van der Waals surface area (Å²) in [5, 5.41) is 1.12. The molecule has 2 N–H and O–H groups in total. The Morgan fingerprint density at radius 3 is 2.95 bits per heavy atom. The SMILES string of the molecule is COCCN(CCCN)c1ncnc2sc(C)cc12. The van der Waals surface area contributed by atoms with Gasteiger partial charge in [-0.15, -0.1) is 11.3 Å². The van der Waals surface area contributed by atoms with Gasteiger partial charge in [-0.05, 0) is 26.0 Å². The third-order valence-corrected chi connectivity index (χ3v) is 3.89. The first-order valence-corrected chi connectivity index (χ1v) is 7.23. The van der Waals surface area contributed by atoms with Crippen LogP contribution >= 0.6 is 11.3 Å². The molecule has 0 radical (unpaired) electrons. The number of aryl methyl sites for hydroxylation is 1. The molecule has 0 aliphatic carbocycles. The van der Waals surface area contributed by atoms with Gasteiger partial charge in [0, 0.05) is 25.1 Å². The van der Waals surface area contributed by atoms with Crippen LogP contribution in [-0.2, 0) is 4.74 Å². The van der Waals surface area contributed by atoms with E-state index in [0.717, 1.165) is 35.5 Å². The van der Waals surface area contributed by atoms with E-state index in [1.807, 2.05) is 0 Å². The summed E-state index contributed by atoms with van der Waals surface area (Å²) in [6.45, 7) is 5.16. The van der Waals surface area contributed by atoms with Crippen LogP contribution in [0.3, 0.4) is 0 Å². The topological polar surface area (TPSA) is 64.3 Å². The Bertz CT molecular complexity index is 520. The number of nitrogens with two attached hydrogens (primary N) is 1. The van der Waals surface area contributed by atoms with Crippen molar-refractivity contribution in [2.75, 3.05) is 38.3 Å². The summed E-state index contributed by atoms with van der Waals surface area (Å²) < 4.78 is 5.18. The molecule has 0 atom stereocenters. The minimum absolute atomic E-state index is 0.680. The number of rotatable bonds is 7. The van der Waals surface area contributed by atoms with Crippen LogP contribution in [0.5, 0.6) is 0 Å². The van der Waals surface area contributed by atoms with Crippen LogP contribution in [-0.4, -0.2) is 43.3 Å². The number of ether oxygens (including phenoxy) is 1. The van der Waals surface area contributed by atoms with E-state index in [1.165, 1.54) is 4.88 Å². The summed E-state index contributed by atoms with van der Waals surface area (Å²) in [5.74, 6) is 0.986. The number of methoxy groups -OCH3 is 1. The fourth-order valence-corrected chi connectivity index (χ4v) is 2.86. The Labute approximate surface area is 117 Å². The summed E-state index contributed by atoms with van der Waals surface area (Å²) in [4.78, 5) is 13.3. The molecule has 2 aromatic rings. The lowest BCUT2D eigenvalue weighted by molar-refractivity contribution is 0.205. The zero-order chi connectivity index (χ0) is 13.7. The van der Waals surface area contributed by atoms with Gasteiger partial charge in [-0.2, -0.15) is 0 Å². The van der Waals surface area contributed by atoms with Crippen LogP contribution in [0, 0.1) is 6.92 Å². The molecule has 0 unspecified atom stereocenters. The average Bonchev–Trinajstić information content (AvgIpc) is 2.79. The number of hydrogen-bond acceptors (Lipinski definition) is 6. The molecule has 0 spiro atoms. The Morgan fingerprint density at radius 2 is 2.21 bits per heavy atom. The minimum atomic E-state index is 0.680. The Morgan fingerprint density at radius 1 is 1.37 bits per heavy atom. The first-order valence-electron chi connectivity index (χ1n) is 6.41. The normalized spacial score (nSPS) is 11.1. The molecule has 0 amide bonds. The van der Waals surface area contributed by atoms with Crippen LogP contribution in [0.15, 0.2) is 12.4 Å². The van der Waals surface area contributed by atoms with Crippen molar-refractivity contribution in [2.45, 2.75) is 13.3 Å². The van der Waals surface area contributed by atoms with E-state index in [1.54, 1.807) is 24.8 Å². The molecule has 2 aromatic heterocycles. The van der Waals surface area contributed by atoms with Gasteiger partial charge in [-0.25, -0.2) is 9.97 Å². The number of hydrogen-bond donors (Lipinski definition) is 1. The summed E-state index contributed by atoms with van der Waals surface area (Å²) in [5.41, 5.74) is 5.61. The highest BCUT2D eigenvalue weighted by Crippen LogP contribution is 2.29. The Balaban J connectivity index is 2.30. The van der Waals surface area contributed by atoms with Crippen LogP contribution in [0.2, 0.25) is 0 Å². The zero-order valence-corrected chi connectivity index (χ0v) is 12.2. The standard InChI is InChI=1S/C13H20N4OS/c1-10-8-11-12(15-9-16-13(11)19-10)17(5-3-4-14)6-7-18-2/h8-9H,3-7,14H2,1-2H3. The fraction of sp³-hybridized carbons (Fsp3) is 0.538. The van der Waals surface area contributed by atoms with Crippen LogP contribution < -0.4 is 10.6 Å². The number of anilines is 1. The summed E-state index contributed by atoms with van der Waals surface area (Å²) in [7, 11) is 1.71. The quantitative estimate of drug-likeness (QED) is 0.838. The minimum Gasteiger partial charge on any atom is -0.383 e. The highest BCUT2D eigenvalue weighted by molar-refractivity contribution is 7.18. The number of nitrogens with zero attached hydrogens (tertiary/aromatic N) is 3. The molecule has 0 bridgehead atoms. The maximum atomic E-state index is 5.61. The van der Waals surface area contributed by atoms with Crippen molar-refractivity contribution in [3.05, 3.63) is 17.3 Å². The van der Waals surface area contributed by atoms with E-state index < -0.39 is 0 Å². The molecule has 0 fully saturated rings. The first-order chi connectivity index (χ1) is 9.26. The van der Waals surface area contributed by atoms with Crippen molar-refractivity contribution in [1.29, 1.82) is 0 Å². The lowest BCUT2D eigenvalue weighted by Crippen LogP contribution is -2.30. The predicted octanol–water partition coefficient (Wildman–Crippen LogP) is 1.80. The van der Waals surface area contributed by atoms with Crippen molar-refractivity contribution in [3.8, 4) is 0 Å². The van der Waals surface area contributed by atoms with Crippen molar-refractivity contribution in [1.82, 2.24) is 9.97 Å². The second-order valence-electron chi connectivity index (χ2n) is 4.40.